The van der Waals surface area contributed by atoms with Gasteiger partial charge < -0.3 is 24.3 Å². The first-order chi connectivity index (χ1) is 14.9. The number of amides is 1. The van der Waals surface area contributed by atoms with Gasteiger partial charge in [-0.2, -0.15) is 0 Å². The third-order valence-electron chi connectivity index (χ3n) is 4.73. The van der Waals surface area contributed by atoms with Crippen LogP contribution in [0.25, 0.3) is 0 Å². The summed E-state index contributed by atoms with van der Waals surface area (Å²) in [6.07, 6.45) is 0.647. The van der Waals surface area contributed by atoms with Crippen molar-refractivity contribution in [2.45, 2.75) is 32.7 Å². The van der Waals surface area contributed by atoms with Crippen LogP contribution in [0.1, 0.15) is 36.9 Å². The van der Waals surface area contributed by atoms with Gasteiger partial charge in [-0.05, 0) is 61.7 Å². The summed E-state index contributed by atoms with van der Waals surface area (Å²) in [6.45, 7) is 4.81. The molecule has 0 aromatic heterocycles. The summed E-state index contributed by atoms with van der Waals surface area (Å²) in [5, 5.41) is 3.46. The molecule has 1 heterocycles. The Morgan fingerprint density at radius 1 is 1.13 bits per heavy atom. The van der Waals surface area contributed by atoms with E-state index >= 15 is 0 Å². The van der Waals surface area contributed by atoms with Gasteiger partial charge in [-0.25, -0.2) is 0 Å². The van der Waals surface area contributed by atoms with Gasteiger partial charge in [-0.15, -0.1) is 0 Å². The third kappa shape index (κ3) is 6.79. The second-order valence-electron chi connectivity index (χ2n) is 7.21. The number of aryl methyl sites for hydroxylation is 1. The first kappa shape index (κ1) is 22.7. The highest BCUT2D eigenvalue weighted by molar-refractivity contribution is 6.30. The summed E-state index contributed by atoms with van der Waals surface area (Å²) in [6, 6.07) is 10.6. The first-order valence-corrected chi connectivity index (χ1v) is 10.5. The predicted molar refractivity (Wildman–Crippen MR) is 116 cm³/mol. The minimum absolute atomic E-state index is 0.164. The molecule has 1 aliphatic heterocycles. The average Bonchev–Trinajstić information content (AvgIpc) is 2.76. The number of esters is 1. The molecule has 0 saturated carbocycles. The number of nitrogens with one attached hydrogen (secondary N) is 1. The lowest BCUT2D eigenvalue weighted by Crippen LogP contribution is -2.31. The van der Waals surface area contributed by atoms with Crippen LogP contribution in [-0.4, -0.2) is 38.3 Å². The lowest BCUT2D eigenvalue weighted by molar-refractivity contribution is -0.148. The van der Waals surface area contributed by atoms with Gasteiger partial charge in [0.15, 0.2) is 18.1 Å². The largest absolute Gasteiger partial charge is 0.493 e. The highest BCUT2D eigenvalue weighted by Crippen LogP contribution is 2.32. The Hall–Kier alpha value is -2.93. The summed E-state index contributed by atoms with van der Waals surface area (Å²) in [5.41, 5.74) is 1.80. The zero-order chi connectivity index (χ0) is 22.2. The summed E-state index contributed by atoms with van der Waals surface area (Å²) in [7, 11) is 0. The first-order valence-electron chi connectivity index (χ1n) is 10.2. The number of halogens is 1. The van der Waals surface area contributed by atoms with Gasteiger partial charge in [0.1, 0.15) is 19.0 Å². The molecule has 8 heteroatoms. The highest BCUT2D eigenvalue weighted by Gasteiger charge is 2.16. The van der Waals surface area contributed by atoms with Gasteiger partial charge >= 0.3 is 5.97 Å². The van der Waals surface area contributed by atoms with E-state index in [0.717, 1.165) is 16.9 Å². The van der Waals surface area contributed by atoms with Gasteiger partial charge in [0.25, 0.3) is 5.91 Å². The van der Waals surface area contributed by atoms with E-state index in [-0.39, 0.29) is 25.0 Å². The number of carbonyl (C=O) groups is 2. The fourth-order valence-corrected chi connectivity index (χ4v) is 3.31. The normalized spacial score (nSPS) is 13.3. The van der Waals surface area contributed by atoms with E-state index in [1.807, 2.05) is 38.1 Å². The maximum absolute atomic E-state index is 12.1. The molecule has 0 bridgehead atoms. The Balaban J connectivity index is 1.34. The van der Waals surface area contributed by atoms with Crippen LogP contribution < -0.4 is 19.5 Å². The molecule has 31 heavy (non-hydrogen) atoms. The maximum Gasteiger partial charge on any atom is 0.306 e. The van der Waals surface area contributed by atoms with Crippen molar-refractivity contribution in [3.63, 3.8) is 0 Å². The van der Waals surface area contributed by atoms with E-state index in [2.05, 4.69) is 5.32 Å². The average molecular weight is 448 g/mol. The lowest BCUT2D eigenvalue weighted by atomic mass is 10.1. The molecule has 1 atom stereocenters. The molecule has 0 fully saturated rings. The van der Waals surface area contributed by atoms with E-state index < -0.39 is 5.97 Å². The molecule has 0 aliphatic carbocycles. The smallest absolute Gasteiger partial charge is 0.306 e. The Kier molecular flexibility index (Phi) is 8.00. The zero-order valence-corrected chi connectivity index (χ0v) is 18.4. The minimum atomic E-state index is -0.446. The van der Waals surface area contributed by atoms with Crippen molar-refractivity contribution in [1.82, 2.24) is 5.32 Å². The van der Waals surface area contributed by atoms with Crippen molar-refractivity contribution in [2.24, 2.45) is 0 Å². The van der Waals surface area contributed by atoms with Crippen molar-refractivity contribution in [3.8, 4) is 17.2 Å². The Bertz CT molecular complexity index is 932. The van der Waals surface area contributed by atoms with Crippen molar-refractivity contribution in [3.05, 3.63) is 52.5 Å². The van der Waals surface area contributed by atoms with Crippen LogP contribution in [0.5, 0.6) is 17.2 Å². The number of benzene rings is 2. The van der Waals surface area contributed by atoms with Crippen LogP contribution in [0, 0.1) is 6.92 Å². The SMILES string of the molecule is Cc1cc(Cl)ccc1OCCCC(=O)OCC(=O)NC(C)c1ccc2c(c1)OCCO2. The van der Waals surface area contributed by atoms with Crippen LogP contribution >= 0.6 is 11.6 Å². The fourth-order valence-electron chi connectivity index (χ4n) is 3.09. The summed E-state index contributed by atoms with van der Waals surface area (Å²) in [5.74, 6) is 1.26. The second kappa shape index (κ2) is 10.9. The van der Waals surface area contributed by atoms with Crippen molar-refractivity contribution in [2.75, 3.05) is 26.4 Å². The molecule has 1 unspecified atom stereocenters. The van der Waals surface area contributed by atoms with E-state index in [1.165, 1.54) is 0 Å². The molecule has 3 rings (SSSR count). The van der Waals surface area contributed by atoms with Crippen LogP contribution in [0.2, 0.25) is 5.02 Å². The summed E-state index contributed by atoms with van der Waals surface area (Å²) in [4.78, 5) is 24.0. The number of ether oxygens (including phenoxy) is 4. The van der Waals surface area contributed by atoms with E-state index in [0.29, 0.717) is 42.8 Å². The Morgan fingerprint density at radius 2 is 1.90 bits per heavy atom. The Morgan fingerprint density at radius 3 is 2.68 bits per heavy atom. The number of hydrogen-bond donors (Lipinski definition) is 1. The molecular weight excluding hydrogens is 422 g/mol. The van der Waals surface area contributed by atoms with Gasteiger partial charge in [-0.3, -0.25) is 9.59 Å². The number of hydrogen-bond acceptors (Lipinski definition) is 6. The maximum atomic E-state index is 12.1. The predicted octanol–water partition coefficient (Wildman–Crippen LogP) is 4.00. The van der Waals surface area contributed by atoms with Crippen molar-refractivity contribution < 1.29 is 28.5 Å². The van der Waals surface area contributed by atoms with Crippen LogP contribution in [-0.2, 0) is 14.3 Å². The molecular formula is C23H26ClNO6. The van der Waals surface area contributed by atoms with Gasteiger partial charge in [0.2, 0.25) is 0 Å². The van der Waals surface area contributed by atoms with Crippen molar-refractivity contribution in [1.29, 1.82) is 0 Å². The zero-order valence-electron chi connectivity index (χ0n) is 17.6. The second-order valence-corrected chi connectivity index (χ2v) is 7.65. The van der Waals surface area contributed by atoms with Gasteiger partial charge in [-0.1, -0.05) is 17.7 Å². The molecule has 1 amide bonds. The molecule has 2 aromatic carbocycles. The van der Waals surface area contributed by atoms with E-state index in [9.17, 15) is 9.59 Å². The minimum Gasteiger partial charge on any atom is -0.493 e. The third-order valence-corrected chi connectivity index (χ3v) is 4.96. The standard InChI is InChI=1S/C23H26ClNO6/c1-15-12-18(24)6-8-19(15)28-9-3-4-23(27)31-14-22(26)25-16(2)17-5-7-20-21(13-17)30-11-10-29-20/h5-8,12-13,16H,3-4,9-11,14H2,1-2H3,(H,25,26). The van der Waals surface area contributed by atoms with Crippen LogP contribution in [0.4, 0.5) is 0 Å². The molecule has 0 saturated heterocycles. The number of rotatable bonds is 9. The number of carbonyl (C=O) groups excluding carboxylic acids is 2. The molecule has 2 aromatic rings. The fraction of sp³-hybridized carbons (Fsp3) is 0.391. The lowest BCUT2D eigenvalue weighted by Gasteiger charge is -2.21. The van der Waals surface area contributed by atoms with E-state index in [1.54, 1.807) is 12.1 Å². The van der Waals surface area contributed by atoms with Crippen LogP contribution in [0.15, 0.2) is 36.4 Å². The van der Waals surface area contributed by atoms with Crippen molar-refractivity contribution >= 4 is 23.5 Å². The quantitative estimate of drug-likeness (QED) is 0.462. The topological polar surface area (TPSA) is 83.1 Å². The van der Waals surface area contributed by atoms with Crippen LogP contribution in [0.3, 0.4) is 0 Å². The molecule has 0 spiro atoms. The molecule has 1 aliphatic rings. The Labute approximate surface area is 186 Å². The van der Waals surface area contributed by atoms with Gasteiger partial charge in [0, 0.05) is 11.4 Å². The molecule has 166 valence electrons. The molecule has 7 nitrogen and oxygen atoms in total. The summed E-state index contributed by atoms with van der Waals surface area (Å²) >= 11 is 5.91. The van der Waals surface area contributed by atoms with Gasteiger partial charge in [0.05, 0.1) is 12.6 Å². The molecule has 1 N–H and O–H groups in total. The van der Waals surface area contributed by atoms with E-state index in [4.69, 9.17) is 30.5 Å². The highest BCUT2D eigenvalue weighted by atomic mass is 35.5. The monoisotopic (exact) mass is 447 g/mol. The summed E-state index contributed by atoms with van der Waals surface area (Å²) < 4.78 is 21.8. The molecule has 0 radical (unpaired) electrons. The number of fused-ring (bicyclic) bond motifs is 1.